The molecule has 7 rings (SSSR count). The summed E-state index contributed by atoms with van der Waals surface area (Å²) in [7, 11) is 0. The van der Waals surface area contributed by atoms with E-state index >= 15 is 0 Å². The second-order valence-electron chi connectivity index (χ2n) is 12.7. The van der Waals surface area contributed by atoms with Crippen LogP contribution in [0, 0.1) is 29.6 Å². The molecule has 0 radical (unpaired) electrons. The molecule has 6 heteroatoms. The summed E-state index contributed by atoms with van der Waals surface area (Å²) in [5, 5.41) is 25.7. The van der Waals surface area contributed by atoms with Gasteiger partial charge in [-0.05, 0) is 118 Å². The fourth-order valence-corrected chi connectivity index (χ4v) is 7.09. The van der Waals surface area contributed by atoms with Crippen LogP contribution >= 0.6 is 22.6 Å². The molecule has 0 saturated carbocycles. The van der Waals surface area contributed by atoms with Crippen molar-refractivity contribution in [2.75, 3.05) is 11.5 Å². The molecule has 0 aromatic heterocycles. The molecule has 0 bridgehead atoms. The van der Waals surface area contributed by atoms with Crippen LogP contribution in [0.2, 0.25) is 0 Å². The van der Waals surface area contributed by atoms with Crippen molar-refractivity contribution in [1.29, 1.82) is 10.5 Å². The Morgan fingerprint density at radius 2 is 1.29 bits per heavy atom. The first-order chi connectivity index (χ1) is 25.4. The molecule has 7 aromatic rings. The van der Waals surface area contributed by atoms with Crippen molar-refractivity contribution in [3.63, 3.8) is 0 Å². The molecule has 0 aliphatic heterocycles. The van der Waals surface area contributed by atoms with Crippen LogP contribution in [0.25, 0.3) is 44.5 Å². The van der Waals surface area contributed by atoms with E-state index in [0.29, 0.717) is 24.2 Å². The minimum absolute atomic E-state index is 0.181. The van der Waals surface area contributed by atoms with Gasteiger partial charge in [-0.25, -0.2) is 0 Å². The van der Waals surface area contributed by atoms with Gasteiger partial charge in [-0.2, -0.15) is 10.5 Å². The molecular weight excluding hydrogens is 753 g/mol. The molecule has 0 heterocycles. The molecule has 0 unspecified atom stereocenters. The highest BCUT2D eigenvalue weighted by Gasteiger charge is 2.17. The highest BCUT2D eigenvalue weighted by molar-refractivity contribution is 14.1. The van der Waals surface area contributed by atoms with Crippen molar-refractivity contribution in [2.24, 2.45) is 0 Å². The third kappa shape index (κ3) is 7.26. The van der Waals surface area contributed by atoms with E-state index in [2.05, 4.69) is 120 Å². The minimum Gasteiger partial charge on any atom is -0.494 e. The van der Waals surface area contributed by atoms with E-state index < -0.39 is 0 Å². The molecule has 0 N–H and O–H groups in total. The number of ether oxygens (including phenoxy) is 1. The maximum Gasteiger partial charge on any atom is 0.192 e. The lowest BCUT2D eigenvalue weighted by Crippen LogP contribution is -2.10. The zero-order valence-electron chi connectivity index (χ0n) is 28.6. The number of carbonyl (C=O) groups is 1. The number of aryl methyl sites for hydroxylation is 1. The Kier molecular flexibility index (Phi) is 10.3. The van der Waals surface area contributed by atoms with E-state index in [-0.39, 0.29) is 3.79 Å². The Morgan fingerprint density at radius 1 is 0.673 bits per heavy atom. The Morgan fingerprint density at radius 3 is 2.00 bits per heavy atom. The average Bonchev–Trinajstić information content (AvgIpc) is 3.17. The Bertz CT molecular complexity index is 2560. The van der Waals surface area contributed by atoms with Crippen molar-refractivity contribution < 1.29 is 9.53 Å². The molecule has 0 amide bonds. The summed E-state index contributed by atoms with van der Waals surface area (Å²) in [5.41, 5.74) is 7.11. The maximum atomic E-state index is 11.2. The molecule has 0 atom stereocenters. The second-order valence-corrected chi connectivity index (χ2v) is 13.9. The number of hydrogen-bond acceptors (Lipinski definition) is 5. The molecule has 0 spiro atoms. The van der Waals surface area contributed by atoms with E-state index in [0.717, 1.165) is 79.3 Å². The second kappa shape index (κ2) is 15.5. The van der Waals surface area contributed by atoms with Crippen LogP contribution in [0.5, 0.6) is 5.75 Å². The van der Waals surface area contributed by atoms with Gasteiger partial charge in [0.2, 0.25) is 0 Å². The summed E-state index contributed by atoms with van der Waals surface area (Å²) < 4.78 is 6.17. The summed E-state index contributed by atoms with van der Waals surface area (Å²) in [5.74, 6) is 0.800. The van der Waals surface area contributed by atoms with Gasteiger partial charge in [-0.1, -0.05) is 96.6 Å². The Hall–Kier alpha value is -5.96. The minimum atomic E-state index is 0.181. The molecule has 252 valence electrons. The third-order valence-corrected chi connectivity index (χ3v) is 9.82. The van der Waals surface area contributed by atoms with Crippen LogP contribution in [0.4, 0.5) is 17.1 Å². The van der Waals surface area contributed by atoms with Crippen LogP contribution in [0.1, 0.15) is 47.1 Å². The lowest BCUT2D eigenvalue weighted by Gasteiger charge is -2.27. The zero-order valence-corrected chi connectivity index (χ0v) is 30.8. The zero-order chi connectivity index (χ0) is 36.0. The van der Waals surface area contributed by atoms with Crippen LogP contribution in [0.3, 0.4) is 0 Å². The Balaban J connectivity index is 1.19. The van der Waals surface area contributed by atoms with Gasteiger partial charge in [0, 0.05) is 34.0 Å². The molecule has 7 aromatic carbocycles. The first-order valence-electron chi connectivity index (χ1n) is 17.2. The number of unbranched alkanes of at least 4 members (excludes halogenated alkanes) is 1. The standard InChI is InChI=1S/C46H34IN3O2/c1-31-12-24-39-41(27-31)42-28-33(17-25-40(42)44(30-49)43(39)29-48)14-13-32-15-18-35(19-16-32)50(45-10-6-8-34-7-2-3-9-38(34)45)36-20-22-37(23-21-36)52-26-5-4-11-46(47)51/h2-3,6-10,12-25,27-28H,4-5,11,26H2,1H3/b14-13+. The molecule has 52 heavy (non-hydrogen) atoms. The number of carbonyl (C=O) groups excluding carboxylic acids is 1. The number of nitrogens with zero attached hydrogens (tertiary/aromatic N) is 3. The van der Waals surface area contributed by atoms with Crippen LogP contribution < -0.4 is 9.64 Å². The smallest absolute Gasteiger partial charge is 0.192 e. The van der Waals surface area contributed by atoms with Gasteiger partial charge in [-0.15, -0.1) is 0 Å². The number of nitriles is 2. The summed E-state index contributed by atoms with van der Waals surface area (Å²) in [6.45, 7) is 2.61. The Labute approximate surface area is 317 Å². The van der Waals surface area contributed by atoms with Gasteiger partial charge in [0.05, 0.1) is 23.4 Å². The van der Waals surface area contributed by atoms with Gasteiger partial charge in [0.1, 0.15) is 17.9 Å². The van der Waals surface area contributed by atoms with E-state index in [1.54, 1.807) is 0 Å². The number of hydrogen-bond donors (Lipinski definition) is 0. The maximum absolute atomic E-state index is 11.2. The van der Waals surface area contributed by atoms with Crippen molar-refractivity contribution in [2.45, 2.75) is 26.2 Å². The summed E-state index contributed by atoms with van der Waals surface area (Å²) in [6.07, 6.45) is 6.42. The highest BCUT2D eigenvalue weighted by atomic mass is 127. The van der Waals surface area contributed by atoms with E-state index in [1.807, 2.05) is 65.9 Å². The van der Waals surface area contributed by atoms with Crippen LogP contribution in [-0.4, -0.2) is 10.4 Å². The van der Waals surface area contributed by atoms with Crippen molar-refractivity contribution >= 4 is 87.9 Å². The van der Waals surface area contributed by atoms with Crippen molar-refractivity contribution in [1.82, 2.24) is 0 Å². The van der Waals surface area contributed by atoms with Gasteiger partial charge in [0.25, 0.3) is 0 Å². The van der Waals surface area contributed by atoms with E-state index in [4.69, 9.17) is 4.74 Å². The van der Waals surface area contributed by atoms with E-state index in [1.165, 1.54) is 5.39 Å². The lowest BCUT2D eigenvalue weighted by atomic mass is 9.91. The predicted molar refractivity (Wildman–Crippen MR) is 222 cm³/mol. The number of halogens is 1. The lowest BCUT2D eigenvalue weighted by molar-refractivity contribution is -0.109. The summed E-state index contributed by atoms with van der Waals surface area (Å²) in [6, 6.07) is 48.1. The van der Waals surface area contributed by atoms with Crippen molar-refractivity contribution in [3.8, 4) is 17.9 Å². The molecule has 0 saturated heterocycles. The van der Waals surface area contributed by atoms with Gasteiger partial charge in [0.15, 0.2) is 3.79 Å². The number of rotatable bonds is 11. The fourth-order valence-electron chi connectivity index (χ4n) is 6.71. The quantitative estimate of drug-likeness (QED) is 0.0429. The third-order valence-electron chi connectivity index (χ3n) is 9.28. The average molecular weight is 788 g/mol. The first-order valence-corrected chi connectivity index (χ1v) is 18.3. The molecule has 0 aliphatic carbocycles. The molecule has 0 fully saturated rings. The summed E-state index contributed by atoms with van der Waals surface area (Å²) in [4.78, 5) is 13.5. The van der Waals surface area contributed by atoms with Crippen LogP contribution in [-0.2, 0) is 4.79 Å². The predicted octanol–water partition coefficient (Wildman–Crippen LogP) is 12.3. The normalized spacial score (nSPS) is 11.2. The summed E-state index contributed by atoms with van der Waals surface area (Å²) >= 11 is 1.84. The fraction of sp³-hybridized carbons (Fsp3) is 0.109. The molecule has 5 nitrogen and oxygen atoms in total. The number of anilines is 3. The largest absolute Gasteiger partial charge is 0.494 e. The van der Waals surface area contributed by atoms with Crippen molar-refractivity contribution in [3.05, 3.63) is 155 Å². The number of fused-ring (bicyclic) bond motifs is 4. The first kappa shape index (κ1) is 34.5. The SMILES string of the molecule is Cc1ccc2c(C#N)c(C#N)c3ccc(/C=C/c4ccc(N(c5ccc(OCCCCC(=O)I)cc5)c5cccc6ccccc56)cc4)cc3c2c1. The highest BCUT2D eigenvalue weighted by Crippen LogP contribution is 2.40. The topological polar surface area (TPSA) is 77.1 Å². The van der Waals surface area contributed by atoms with Gasteiger partial charge in [-0.3, -0.25) is 4.79 Å². The molecular formula is C46H34IN3O2. The molecule has 0 aliphatic rings. The van der Waals surface area contributed by atoms with Gasteiger partial charge >= 0.3 is 0 Å². The van der Waals surface area contributed by atoms with Crippen LogP contribution in [0.15, 0.2) is 127 Å². The van der Waals surface area contributed by atoms with E-state index in [9.17, 15) is 15.3 Å². The number of benzene rings is 7. The van der Waals surface area contributed by atoms with Gasteiger partial charge < -0.3 is 9.64 Å². The monoisotopic (exact) mass is 787 g/mol.